The van der Waals surface area contributed by atoms with E-state index in [1.54, 1.807) is 7.11 Å². The van der Waals surface area contributed by atoms with Crippen LogP contribution in [0.1, 0.15) is 46.5 Å². The van der Waals surface area contributed by atoms with Crippen molar-refractivity contribution in [3.63, 3.8) is 0 Å². The summed E-state index contributed by atoms with van der Waals surface area (Å²) < 4.78 is 11.1. The first kappa shape index (κ1) is 15.7. The fourth-order valence-corrected chi connectivity index (χ4v) is 3.49. The number of nitrogens with two attached hydrogens (primary N) is 1. The minimum absolute atomic E-state index is 0.0602. The topological polar surface area (TPSA) is 73.6 Å². The lowest BCUT2D eigenvalue weighted by molar-refractivity contribution is -0.171. The van der Waals surface area contributed by atoms with E-state index in [2.05, 4.69) is 5.32 Å². The lowest BCUT2D eigenvalue weighted by atomic mass is 9.54. The maximum absolute atomic E-state index is 12.6. The van der Waals surface area contributed by atoms with Crippen LogP contribution in [-0.4, -0.2) is 43.4 Å². The maximum Gasteiger partial charge on any atom is 0.241 e. The number of hydrogen-bond acceptors (Lipinski definition) is 4. The normalized spacial score (nSPS) is 39.4. The van der Waals surface area contributed by atoms with Crippen LogP contribution >= 0.6 is 0 Å². The third-order valence-electron chi connectivity index (χ3n) is 5.31. The standard InChI is InChI=1S/C15H28N2O3/c1-5-20-12-9-15(16,14(12,2)3)13(18)17-10-7-6-8-11(10)19-4/h10-12H,5-9,16H2,1-4H3,(H,17,18). The van der Waals surface area contributed by atoms with Gasteiger partial charge in [0.2, 0.25) is 5.91 Å². The number of hydrogen-bond donors (Lipinski definition) is 2. The fraction of sp³-hybridized carbons (Fsp3) is 0.933. The SMILES string of the molecule is CCOC1CC(N)(C(=O)NC2CCCC2OC)C1(C)C. The highest BCUT2D eigenvalue weighted by Gasteiger charge is 2.63. The van der Waals surface area contributed by atoms with Gasteiger partial charge in [0.15, 0.2) is 0 Å². The van der Waals surface area contributed by atoms with Gasteiger partial charge in [-0.3, -0.25) is 4.79 Å². The summed E-state index contributed by atoms with van der Waals surface area (Å²) in [6.07, 6.45) is 3.83. The molecule has 0 saturated heterocycles. The molecule has 0 radical (unpaired) electrons. The van der Waals surface area contributed by atoms with Gasteiger partial charge < -0.3 is 20.5 Å². The third kappa shape index (κ3) is 2.36. The van der Waals surface area contributed by atoms with Gasteiger partial charge in [0.1, 0.15) is 5.54 Å². The zero-order valence-corrected chi connectivity index (χ0v) is 13.1. The molecule has 0 heterocycles. The maximum atomic E-state index is 12.6. The second-order valence-electron chi connectivity index (χ2n) is 6.63. The fourth-order valence-electron chi connectivity index (χ4n) is 3.49. The van der Waals surface area contributed by atoms with Crippen LogP contribution in [0.3, 0.4) is 0 Å². The highest BCUT2D eigenvalue weighted by Crippen LogP contribution is 2.50. The molecule has 2 aliphatic rings. The van der Waals surface area contributed by atoms with E-state index in [1.807, 2.05) is 20.8 Å². The Labute approximate surface area is 121 Å². The monoisotopic (exact) mass is 284 g/mol. The van der Waals surface area contributed by atoms with E-state index in [0.717, 1.165) is 19.3 Å². The van der Waals surface area contributed by atoms with Gasteiger partial charge in [-0.2, -0.15) is 0 Å². The highest BCUT2D eigenvalue weighted by molar-refractivity contribution is 5.89. The molecular weight excluding hydrogens is 256 g/mol. The van der Waals surface area contributed by atoms with E-state index in [1.165, 1.54) is 0 Å². The molecule has 3 N–H and O–H groups in total. The van der Waals surface area contributed by atoms with E-state index in [4.69, 9.17) is 15.2 Å². The largest absolute Gasteiger partial charge is 0.379 e. The molecule has 2 rings (SSSR count). The van der Waals surface area contributed by atoms with Crippen molar-refractivity contribution in [3.05, 3.63) is 0 Å². The molecule has 0 aromatic rings. The number of carbonyl (C=O) groups is 1. The number of amides is 1. The molecule has 0 aromatic heterocycles. The van der Waals surface area contributed by atoms with Gasteiger partial charge in [0.25, 0.3) is 0 Å². The number of rotatable bonds is 5. The average Bonchev–Trinajstić information content (AvgIpc) is 2.85. The zero-order valence-electron chi connectivity index (χ0n) is 13.1. The molecule has 2 fully saturated rings. The molecule has 2 aliphatic carbocycles. The summed E-state index contributed by atoms with van der Waals surface area (Å²) in [5.41, 5.74) is 5.20. The quantitative estimate of drug-likeness (QED) is 0.795. The summed E-state index contributed by atoms with van der Waals surface area (Å²) in [4.78, 5) is 12.6. The highest BCUT2D eigenvalue weighted by atomic mass is 16.5. The molecule has 4 unspecified atom stereocenters. The molecule has 5 nitrogen and oxygen atoms in total. The summed E-state index contributed by atoms with van der Waals surface area (Å²) in [6.45, 7) is 6.65. The van der Waals surface area contributed by atoms with Crippen LogP contribution in [0.15, 0.2) is 0 Å². The van der Waals surface area contributed by atoms with E-state index >= 15 is 0 Å². The van der Waals surface area contributed by atoms with Crippen molar-refractivity contribution in [1.29, 1.82) is 0 Å². The van der Waals surface area contributed by atoms with Crippen LogP contribution in [0.4, 0.5) is 0 Å². The Morgan fingerprint density at radius 2 is 2.10 bits per heavy atom. The van der Waals surface area contributed by atoms with Gasteiger partial charge in [-0.25, -0.2) is 0 Å². The van der Waals surface area contributed by atoms with E-state index in [9.17, 15) is 4.79 Å². The van der Waals surface area contributed by atoms with Crippen LogP contribution in [0, 0.1) is 5.41 Å². The van der Waals surface area contributed by atoms with Gasteiger partial charge in [-0.05, 0) is 26.2 Å². The van der Waals surface area contributed by atoms with Gasteiger partial charge in [0, 0.05) is 25.6 Å². The first-order valence-corrected chi connectivity index (χ1v) is 7.61. The number of ether oxygens (including phenoxy) is 2. The summed E-state index contributed by atoms with van der Waals surface area (Å²) in [7, 11) is 1.70. The van der Waals surface area contributed by atoms with Crippen LogP contribution in [0.5, 0.6) is 0 Å². The molecule has 0 spiro atoms. The van der Waals surface area contributed by atoms with E-state index in [-0.39, 0.29) is 29.6 Å². The summed E-state index contributed by atoms with van der Waals surface area (Å²) >= 11 is 0. The molecule has 0 aliphatic heterocycles. The van der Waals surface area contributed by atoms with Crippen LogP contribution in [0.2, 0.25) is 0 Å². The molecule has 116 valence electrons. The van der Waals surface area contributed by atoms with Crippen molar-refractivity contribution in [1.82, 2.24) is 5.32 Å². The van der Waals surface area contributed by atoms with Crippen molar-refractivity contribution in [2.75, 3.05) is 13.7 Å². The molecule has 2 saturated carbocycles. The van der Waals surface area contributed by atoms with Gasteiger partial charge >= 0.3 is 0 Å². The summed E-state index contributed by atoms with van der Waals surface area (Å²) in [6, 6.07) is 0.0925. The van der Waals surface area contributed by atoms with Crippen molar-refractivity contribution in [2.45, 2.75) is 70.2 Å². The molecule has 1 amide bonds. The van der Waals surface area contributed by atoms with Gasteiger partial charge in [-0.15, -0.1) is 0 Å². The third-order valence-corrected chi connectivity index (χ3v) is 5.31. The molecule has 5 heteroatoms. The van der Waals surface area contributed by atoms with Gasteiger partial charge in [0.05, 0.1) is 18.2 Å². The Morgan fingerprint density at radius 3 is 2.65 bits per heavy atom. The number of nitrogens with one attached hydrogen (secondary N) is 1. The first-order valence-electron chi connectivity index (χ1n) is 7.61. The second kappa shape index (κ2) is 5.62. The van der Waals surface area contributed by atoms with Gasteiger partial charge in [-0.1, -0.05) is 13.8 Å². The summed E-state index contributed by atoms with van der Waals surface area (Å²) in [5.74, 6) is -0.0626. The lowest BCUT2D eigenvalue weighted by Crippen LogP contribution is -2.76. The second-order valence-corrected chi connectivity index (χ2v) is 6.63. The molecule has 0 aromatic carbocycles. The van der Waals surface area contributed by atoms with Crippen LogP contribution in [-0.2, 0) is 14.3 Å². The van der Waals surface area contributed by atoms with Crippen LogP contribution in [0.25, 0.3) is 0 Å². The van der Waals surface area contributed by atoms with E-state index < -0.39 is 5.54 Å². The predicted octanol–water partition coefficient (Wildman–Crippen LogP) is 1.20. The smallest absolute Gasteiger partial charge is 0.241 e. The first-order chi connectivity index (χ1) is 9.36. The minimum atomic E-state index is -0.840. The zero-order chi connectivity index (χ0) is 15.0. The summed E-state index contributed by atoms with van der Waals surface area (Å²) in [5, 5.41) is 3.10. The predicted molar refractivity (Wildman–Crippen MR) is 77.3 cm³/mol. The van der Waals surface area contributed by atoms with Crippen molar-refractivity contribution < 1.29 is 14.3 Å². The van der Waals surface area contributed by atoms with Crippen molar-refractivity contribution >= 4 is 5.91 Å². The Balaban J connectivity index is 1.99. The Kier molecular flexibility index (Phi) is 4.42. The van der Waals surface area contributed by atoms with Crippen molar-refractivity contribution in [3.8, 4) is 0 Å². The minimum Gasteiger partial charge on any atom is -0.379 e. The van der Waals surface area contributed by atoms with Crippen LogP contribution < -0.4 is 11.1 Å². The molecule has 0 bridgehead atoms. The van der Waals surface area contributed by atoms with E-state index in [0.29, 0.717) is 13.0 Å². The Morgan fingerprint density at radius 1 is 1.40 bits per heavy atom. The molecule has 20 heavy (non-hydrogen) atoms. The molecular formula is C15H28N2O3. The van der Waals surface area contributed by atoms with Crippen molar-refractivity contribution in [2.24, 2.45) is 11.1 Å². The number of carbonyl (C=O) groups excluding carboxylic acids is 1. The lowest BCUT2D eigenvalue weighted by Gasteiger charge is -2.57. The molecule has 4 atom stereocenters. The Hall–Kier alpha value is -0.650. The average molecular weight is 284 g/mol. The Bertz CT molecular complexity index is 372. The number of methoxy groups -OCH3 is 1.